The molecule has 6 nitrogen and oxygen atoms in total. The van der Waals surface area contributed by atoms with Gasteiger partial charge in [-0.15, -0.1) is 0 Å². The normalized spacial score (nSPS) is 16.0. The number of piperazine rings is 1. The SMILES string of the molecule is Cc1ccc([C@H](CNC(=O)C(=O)Nc2c(C)cc(C)cc2C)N2CCN(C)CC2)cc1. The molecule has 0 unspecified atom stereocenters. The van der Waals surface area contributed by atoms with Gasteiger partial charge in [-0.05, 0) is 51.4 Å². The van der Waals surface area contributed by atoms with E-state index in [1.54, 1.807) is 0 Å². The molecule has 0 bridgehead atoms. The summed E-state index contributed by atoms with van der Waals surface area (Å²) in [7, 11) is 2.12. The van der Waals surface area contributed by atoms with Crippen LogP contribution in [0.4, 0.5) is 5.69 Å². The van der Waals surface area contributed by atoms with Crippen LogP contribution in [-0.4, -0.2) is 61.4 Å². The number of benzene rings is 2. The summed E-state index contributed by atoms with van der Waals surface area (Å²) in [6.07, 6.45) is 0. The van der Waals surface area contributed by atoms with Gasteiger partial charge in [0.15, 0.2) is 0 Å². The first-order valence-corrected chi connectivity index (χ1v) is 10.9. The summed E-state index contributed by atoms with van der Waals surface area (Å²) in [5.74, 6) is -1.23. The highest BCUT2D eigenvalue weighted by atomic mass is 16.2. The molecule has 31 heavy (non-hydrogen) atoms. The third kappa shape index (κ3) is 5.93. The fourth-order valence-electron chi connectivity index (χ4n) is 4.20. The van der Waals surface area contributed by atoms with E-state index in [2.05, 4.69) is 58.7 Å². The van der Waals surface area contributed by atoms with Crippen LogP contribution in [0.3, 0.4) is 0 Å². The number of nitrogens with zero attached hydrogens (tertiary/aromatic N) is 2. The number of amides is 2. The standard InChI is InChI=1S/C25H34N4O2/c1-17-6-8-21(9-7-17)22(29-12-10-28(5)11-13-29)16-26-24(30)25(31)27-23-19(3)14-18(2)15-20(23)4/h6-9,14-15,22H,10-13,16H2,1-5H3,(H,26,30)(H,27,31)/t22-/m0/s1. The molecule has 2 aromatic rings. The highest BCUT2D eigenvalue weighted by Crippen LogP contribution is 2.23. The summed E-state index contributed by atoms with van der Waals surface area (Å²) >= 11 is 0. The van der Waals surface area contributed by atoms with E-state index in [1.165, 1.54) is 5.56 Å². The highest BCUT2D eigenvalue weighted by molar-refractivity contribution is 6.39. The molecule has 0 aromatic heterocycles. The fraction of sp³-hybridized carbons (Fsp3) is 0.440. The number of nitrogens with one attached hydrogen (secondary N) is 2. The smallest absolute Gasteiger partial charge is 0.313 e. The first kappa shape index (κ1) is 23.0. The van der Waals surface area contributed by atoms with Gasteiger partial charge in [-0.2, -0.15) is 0 Å². The summed E-state index contributed by atoms with van der Waals surface area (Å²) in [4.78, 5) is 29.9. The van der Waals surface area contributed by atoms with Gasteiger partial charge >= 0.3 is 11.8 Å². The molecule has 0 saturated carbocycles. The number of aryl methyl sites for hydroxylation is 4. The Bertz CT molecular complexity index is 908. The quantitative estimate of drug-likeness (QED) is 0.727. The van der Waals surface area contributed by atoms with Crippen LogP contribution < -0.4 is 10.6 Å². The second-order valence-electron chi connectivity index (χ2n) is 8.70. The van der Waals surface area contributed by atoms with Gasteiger partial charge in [0.2, 0.25) is 0 Å². The second kappa shape index (κ2) is 10.1. The summed E-state index contributed by atoms with van der Waals surface area (Å²) in [5, 5.41) is 5.66. The van der Waals surface area contributed by atoms with Gasteiger partial charge in [-0.25, -0.2) is 0 Å². The summed E-state index contributed by atoms with van der Waals surface area (Å²) < 4.78 is 0. The van der Waals surface area contributed by atoms with Crippen molar-refractivity contribution in [1.82, 2.24) is 15.1 Å². The van der Waals surface area contributed by atoms with Crippen LogP contribution in [0.5, 0.6) is 0 Å². The molecule has 6 heteroatoms. The Labute approximate surface area is 185 Å². The average Bonchev–Trinajstić information content (AvgIpc) is 2.72. The molecule has 0 spiro atoms. The lowest BCUT2D eigenvalue weighted by molar-refractivity contribution is -0.136. The van der Waals surface area contributed by atoms with E-state index in [0.717, 1.165) is 48.4 Å². The predicted molar refractivity (Wildman–Crippen MR) is 125 cm³/mol. The Morgan fingerprint density at radius 1 is 0.871 bits per heavy atom. The number of hydrogen-bond donors (Lipinski definition) is 2. The zero-order chi connectivity index (χ0) is 22.5. The zero-order valence-corrected chi connectivity index (χ0v) is 19.3. The number of carbonyl (C=O) groups is 2. The molecule has 1 fully saturated rings. The van der Waals surface area contributed by atoms with Crippen LogP contribution in [0, 0.1) is 27.7 Å². The third-order valence-corrected chi connectivity index (χ3v) is 6.02. The van der Waals surface area contributed by atoms with E-state index in [1.807, 2.05) is 32.9 Å². The molecule has 166 valence electrons. The van der Waals surface area contributed by atoms with E-state index in [-0.39, 0.29) is 6.04 Å². The van der Waals surface area contributed by atoms with Gasteiger partial charge in [0.1, 0.15) is 0 Å². The molecular weight excluding hydrogens is 388 g/mol. The minimum absolute atomic E-state index is 0.0360. The van der Waals surface area contributed by atoms with Gasteiger partial charge in [-0.3, -0.25) is 14.5 Å². The molecule has 1 aliphatic rings. The fourth-order valence-corrected chi connectivity index (χ4v) is 4.20. The van der Waals surface area contributed by atoms with Crippen molar-refractivity contribution in [3.05, 3.63) is 64.2 Å². The van der Waals surface area contributed by atoms with E-state index in [4.69, 9.17) is 0 Å². The van der Waals surface area contributed by atoms with Crippen LogP contribution in [0.25, 0.3) is 0 Å². The largest absolute Gasteiger partial charge is 0.346 e. The van der Waals surface area contributed by atoms with E-state index in [0.29, 0.717) is 12.2 Å². The van der Waals surface area contributed by atoms with Crippen LogP contribution in [0.15, 0.2) is 36.4 Å². The van der Waals surface area contributed by atoms with Crippen molar-refractivity contribution in [3.63, 3.8) is 0 Å². The predicted octanol–water partition coefficient (Wildman–Crippen LogP) is 2.96. The topological polar surface area (TPSA) is 64.7 Å². The Morgan fingerprint density at radius 3 is 2.03 bits per heavy atom. The minimum atomic E-state index is -0.629. The Balaban J connectivity index is 1.68. The summed E-state index contributed by atoms with van der Waals surface area (Å²) in [5.41, 5.74) is 6.10. The molecule has 1 atom stereocenters. The molecule has 1 aliphatic heterocycles. The van der Waals surface area contributed by atoms with Crippen molar-refractivity contribution in [2.45, 2.75) is 33.7 Å². The van der Waals surface area contributed by atoms with Crippen LogP contribution in [-0.2, 0) is 9.59 Å². The van der Waals surface area contributed by atoms with Gasteiger partial charge in [0, 0.05) is 38.4 Å². The molecule has 2 N–H and O–H groups in total. The minimum Gasteiger partial charge on any atom is -0.346 e. The second-order valence-corrected chi connectivity index (χ2v) is 8.70. The number of likely N-dealkylation sites (N-methyl/N-ethyl adjacent to an activating group) is 1. The van der Waals surface area contributed by atoms with Crippen molar-refractivity contribution in [2.24, 2.45) is 0 Å². The first-order chi connectivity index (χ1) is 14.7. The lowest BCUT2D eigenvalue weighted by Gasteiger charge is -2.38. The first-order valence-electron chi connectivity index (χ1n) is 10.9. The maximum Gasteiger partial charge on any atom is 0.313 e. The number of carbonyl (C=O) groups excluding carboxylic acids is 2. The Hall–Kier alpha value is -2.70. The van der Waals surface area contributed by atoms with Gasteiger partial charge in [-0.1, -0.05) is 47.5 Å². The van der Waals surface area contributed by atoms with Crippen molar-refractivity contribution >= 4 is 17.5 Å². The van der Waals surface area contributed by atoms with E-state index >= 15 is 0 Å². The third-order valence-electron chi connectivity index (χ3n) is 6.02. The van der Waals surface area contributed by atoms with Crippen molar-refractivity contribution in [2.75, 3.05) is 45.1 Å². The molecule has 1 saturated heterocycles. The molecular formula is C25H34N4O2. The highest BCUT2D eigenvalue weighted by Gasteiger charge is 2.25. The van der Waals surface area contributed by atoms with E-state index in [9.17, 15) is 9.59 Å². The number of anilines is 1. The maximum atomic E-state index is 12.6. The zero-order valence-electron chi connectivity index (χ0n) is 19.3. The lowest BCUT2D eigenvalue weighted by Crippen LogP contribution is -2.49. The molecule has 3 rings (SSSR count). The number of rotatable bonds is 5. The molecule has 0 radical (unpaired) electrons. The molecule has 2 aromatic carbocycles. The van der Waals surface area contributed by atoms with Crippen LogP contribution in [0.2, 0.25) is 0 Å². The summed E-state index contributed by atoms with van der Waals surface area (Å²) in [6, 6.07) is 12.5. The summed E-state index contributed by atoms with van der Waals surface area (Å²) in [6.45, 7) is 12.2. The molecule has 2 amide bonds. The number of hydrogen-bond acceptors (Lipinski definition) is 4. The monoisotopic (exact) mass is 422 g/mol. The Morgan fingerprint density at radius 2 is 1.45 bits per heavy atom. The lowest BCUT2D eigenvalue weighted by atomic mass is 10.0. The van der Waals surface area contributed by atoms with Crippen LogP contribution >= 0.6 is 0 Å². The van der Waals surface area contributed by atoms with Crippen molar-refractivity contribution in [3.8, 4) is 0 Å². The molecule has 0 aliphatic carbocycles. The maximum absolute atomic E-state index is 12.6. The van der Waals surface area contributed by atoms with Crippen LogP contribution in [0.1, 0.15) is 33.9 Å². The molecule has 1 heterocycles. The van der Waals surface area contributed by atoms with Gasteiger partial charge < -0.3 is 15.5 Å². The van der Waals surface area contributed by atoms with Crippen molar-refractivity contribution in [1.29, 1.82) is 0 Å². The average molecular weight is 423 g/mol. The van der Waals surface area contributed by atoms with Gasteiger partial charge in [0.25, 0.3) is 0 Å². The Kier molecular flexibility index (Phi) is 7.46. The van der Waals surface area contributed by atoms with Gasteiger partial charge in [0.05, 0.1) is 6.04 Å². The van der Waals surface area contributed by atoms with Crippen molar-refractivity contribution < 1.29 is 9.59 Å². The van der Waals surface area contributed by atoms with E-state index < -0.39 is 11.8 Å².